The first-order valence-electron chi connectivity index (χ1n) is 47.9. The lowest BCUT2D eigenvalue weighted by molar-refractivity contribution is -0.161. The van der Waals surface area contributed by atoms with E-state index in [1.165, 1.54) is 308 Å². The van der Waals surface area contributed by atoms with E-state index in [0.717, 1.165) is 108 Å². The van der Waals surface area contributed by atoms with Crippen LogP contribution in [0, 0.1) is 17.8 Å². The standard InChI is InChI=1S/C93H182O17P2/c1-8-10-11-12-13-14-46-53-60-67-74-90(95)103-80-88(109-92(97)77-70-63-56-49-42-36-30-24-23-26-32-38-44-51-58-65-72-85(5)6)82-107-111(99,100)105-78-87(94)79-106-112(101,102)108-83-89(81-104-91(96)75-68-61-54-47-40-34-28-21-17-15-19-25-31-37-43-50-57-64-71-84(3)4)110-93(98)76-69-62-55-48-41-35-29-22-18-16-20-27-33-39-45-52-59-66-73-86(7)9-2/h84-89,94H,8-83H2,1-7H3,(H,99,100)(H,101,102)/t86?,87-,88+,89+/m0/s1. The summed E-state index contributed by atoms with van der Waals surface area (Å²) in [7, 11) is -9.94. The van der Waals surface area contributed by atoms with Gasteiger partial charge in [0.05, 0.1) is 26.4 Å². The molecule has 3 unspecified atom stereocenters. The van der Waals surface area contributed by atoms with E-state index in [1.54, 1.807) is 0 Å². The second-order valence-corrected chi connectivity index (χ2v) is 37.5. The number of carbonyl (C=O) groups is 4. The molecule has 0 amide bonds. The number of esters is 4. The van der Waals surface area contributed by atoms with Crippen LogP contribution < -0.4 is 0 Å². The summed E-state index contributed by atoms with van der Waals surface area (Å²) in [6.07, 6.45) is 76.4. The molecule has 17 nitrogen and oxygen atoms in total. The van der Waals surface area contributed by atoms with Crippen LogP contribution >= 0.6 is 15.6 Å². The molecule has 0 fully saturated rings. The van der Waals surface area contributed by atoms with Gasteiger partial charge >= 0.3 is 39.5 Å². The summed E-state index contributed by atoms with van der Waals surface area (Å²) in [4.78, 5) is 73.4. The zero-order valence-corrected chi connectivity index (χ0v) is 75.9. The molecule has 0 aromatic heterocycles. The van der Waals surface area contributed by atoms with Gasteiger partial charge < -0.3 is 33.8 Å². The molecule has 0 bridgehead atoms. The van der Waals surface area contributed by atoms with Gasteiger partial charge in [-0.3, -0.25) is 37.3 Å². The Morgan fingerprint density at radius 3 is 0.679 bits per heavy atom. The normalized spacial score (nSPS) is 14.0. The zero-order chi connectivity index (χ0) is 82.2. The summed E-state index contributed by atoms with van der Waals surface area (Å²) < 4.78 is 69.1. The molecule has 0 aliphatic carbocycles. The summed E-state index contributed by atoms with van der Waals surface area (Å²) in [5.41, 5.74) is 0. The predicted molar refractivity (Wildman–Crippen MR) is 465 cm³/mol. The highest BCUT2D eigenvalue weighted by Crippen LogP contribution is 2.45. The summed E-state index contributed by atoms with van der Waals surface area (Å²) in [6, 6.07) is 0. The van der Waals surface area contributed by atoms with Crippen molar-refractivity contribution in [2.75, 3.05) is 39.6 Å². The number of hydrogen-bond acceptors (Lipinski definition) is 15. The van der Waals surface area contributed by atoms with E-state index >= 15 is 0 Å². The van der Waals surface area contributed by atoms with Crippen LogP contribution in [0.15, 0.2) is 0 Å². The van der Waals surface area contributed by atoms with Gasteiger partial charge in [0, 0.05) is 25.7 Å². The minimum atomic E-state index is -4.97. The summed E-state index contributed by atoms with van der Waals surface area (Å²) in [5.74, 6) is 0.408. The molecule has 0 saturated heterocycles. The van der Waals surface area contributed by atoms with E-state index < -0.39 is 97.5 Å². The van der Waals surface area contributed by atoms with Crippen LogP contribution in [0.5, 0.6) is 0 Å². The number of unbranched alkanes of at least 4 members (excludes halogenated alkanes) is 58. The monoisotopic (exact) mass is 1630 g/mol. The Labute approximate surface area is 689 Å². The number of phosphoric acid groups is 2. The molecule has 0 aromatic rings. The fraction of sp³-hybridized carbons (Fsp3) is 0.957. The van der Waals surface area contributed by atoms with Crippen LogP contribution in [-0.2, 0) is 65.4 Å². The predicted octanol–water partition coefficient (Wildman–Crippen LogP) is 28.8. The number of phosphoric ester groups is 2. The lowest BCUT2D eigenvalue weighted by Crippen LogP contribution is -2.30. The van der Waals surface area contributed by atoms with E-state index in [0.29, 0.717) is 25.7 Å². The smallest absolute Gasteiger partial charge is 0.462 e. The van der Waals surface area contributed by atoms with E-state index in [1.807, 2.05) is 0 Å². The Bertz CT molecular complexity index is 2150. The van der Waals surface area contributed by atoms with Crippen molar-refractivity contribution in [2.45, 2.75) is 516 Å². The fourth-order valence-electron chi connectivity index (χ4n) is 14.6. The highest BCUT2D eigenvalue weighted by molar-refractivity contribution is 7.47. The molecule has 0 heterocycles. The van der Waals surface area contributed by atoms with E-state index in [9.17, 15) is 43.2 Å². The number of carbonyl (C=O) groups excluding carboxylic acids is 4. The van der Waals surface area contributed by atoms with Crippen molar-refractivity contribution in [3.63, 3.8) is 0 Å². The third-order valence-electron chi connectivity index (χ3n) is 22.2. The lowest BCUT2D eigenvalue weighted by Gasteiger charge is -2.21. The van der Waals surface area contributed by atoms with Crippen LogP contribution in [0.4, 0.5) is 0 Å². The summed E-state index contributed by atoms with van der Waals surface area (Å²) >= 11 is 0. The second-order valence-electron chi connectivity index (χ2n) is 34.6. The van der Waals surface area contributed by atoms with Gasteiger partial charge in [-0.15, -0.1) is 0 Å². The molecule has 0 radical (unpaired) electrons. The molecule has 0 aromatic carbocycles. The maximum absolute atomic E-state index is 13.2. The van der Waals surface area contributed by atoms with E-state index in [-0.39, 0.29) is 25.7 Å². The molecule has 0 rings (SSSR count). The molecule has 0 saturated carbocycles. The van der Waals surface area contributed by atoms with Crippen LogP contribution in [0.25, 0.3) is 0 Å². The van der Waals surface area contributed by atoms with Gasteiger partial charge in [0.25, 0.3) is 0 Å². The van der Waals surface area contributed by atoms with Gasteiger partial charge in [-0.1, -0.05) is 447 Å². The molecule has 0 spiro atoms. The average molecular weight is 1630 g/mol. The Kier molecular flexibility index (Phi) is 81.3. The minimum Gasteiger partial charge on any atom is -0.462 e. The third kappa shape index (κ3) is 84.5. The van der Waals surface area contributed by atoms with Gasteiger partial charge in [-0.05, 0) is 43.4 Å². The third-order valence-corrected chi connectivity index (χ3v) is 24.1. The molecule has 19 heteroatoms. The first kappa shape index (κ1) is 110. The van der Waals surface area contributed by atoms with Crippen molar-refractivity contribution >= 4 is 39.5 Å². The maximum Gasteiger partial charge on any atom is 0.472 e. The van der Waals surface area contributed by atoms with Crippen molar-refractivity contribution in [2.24, 2.45) is 17.8 Å². The Balaban J connectivity index is 5.21. The van der Waals surface area contributed by atoms with E-state index in [2.05, 4.69) is 48.5 Å². The molecule has 0 aliphatic heterocycles. The van der Waals surface area contributed by atoms with Crippen LogP contribution in [0.2, 0.25) is 0 Å². The quantitative estimate of drug-likeness (QED) is 0.0222. The Hall–Kier alpha value is -1.94. The molecule has 666 valence electrons. The summed E-state index contributed by atoms with van der Waals surface area (Å²) in [6.45, 7) is 12.1. The Morgan fingerprint density at radius 2 is 0.455 bits per heavy atom. The number of aliphatic hydroxyl groups excluding tert-OH is 1. The van der Waals surface area contributed by atoms with Crippen LogP contribution in [0.1, 0.15) is 498 Å². The molecule has 3 N–H and O–H groups in total. The van der Waals surface area contributed by atoms with Crippen LogP contribution in [0.3, 0.4) is 0 Å². The number of aliphatic hydroxyl groups is 1. The zero-order valence-electron chi connectivity index (χ0n) is 74.2. The van der Waals surface area contributed by atoms with Crippen molar-refractivity contribution in [3.05, 3.63) is 0 Å². The Morgan fingerprint density at radius 1 is 0.259 bits per heavy atom. The molecule has 6 atom stereocenters. The number of ether oxygens (including phenoxy) is 4. The number of rotatable bonds is 91. The number of hydrogen-bond donors (Lipinski definition) is 3. The highest BCUT2D eigenvalue weighted by Gasteiger charge is 2.31. The molecular formula is C93H182O17P2. The van der Waals surface area contributed by atoms with Crippen molar-refractivity contribution in [3.8, 4) is 0 Å². The second kappa shape index (κ2) is 82.7. The fourth-order valence-corrected chi connectivity index (χ4v) is 16.2. The van der Waals surface area contributed by atoms with Gasteiger partial charge in [0.2, 0.25) is 0 Å². The average Bonchev–Trinajstić information content (AvgIpc) is 0.896. The van der Waals surface area contributed by atoms with Crippen molar-refractivity contribution in [1.29, 1.82) is 0 Å². The van der Waals surface area contributed by atoms with Gasteiger partial charge in [0.1, 0.15) is 19.3 Å². The van der Waals surface area contributed by atoms with Crippen molar-refractivity contribution in [1.82, 2.24) is 0 Å². The molecule has 112 heavy (non-hydrogen) atoms. The van der Waals surface area contributed by atoms with E-state index in [4.69, 9.17) is 37.0 Å². The first-order valence-corrected chi connectivity index (χ1v) is 50.9. The summed E-state index contributed by atoms with van der Waals surface area (Å²) in [5, 5.41) is 10.7. The topological polar surface area (TPSA) is 237 Å². The highest BCUT2D eigenvalue weighted by atomic mass is 31.2. The first-order chi connectivity index (χ1) is 54.3. The largest absolute Gasteiger partial charge is 0.472 e. The minimum absolute atomic E-state index is 0.108. The maximum atomic E-state index is 13.2. The molecule has 0 aliphatic rings. The van der Waals surface area contributed by atoms with Gasteiger partial charge in [-0.25, -0.2) is 9.13 Å². The lowest BCUT2D eigenvalue weighted by atomic mass is 9.99. The van der Waals surface area contributed by atoms with Gasteiger partial charge in [0.15, 0.2) is 12.2 Å². The van der Waals surface area contributed by atoms with Crippen molar-refractivity contribution < 1.29 is 80.2 Å². The molecular weight excluding hydrogens is 1450 g/mol. The van der Waals surface area contributed by atoms with Gasteiger partial charge in [-0.2, -0.15) is 0 Å². The SMILES string of the molecule is CCCCCCCCCCCCC(=O)OC[C@H](COP(=O)(O)OC[C@H](O)COP(=O)(O)OC[C@@H](COC(=O)CCCCCCCCCCCCCCCCCCCCC(C)C)OC(=O)CCCCCCCCCCCCCCCCCCCCC(C)CC)OC(=O)CCCCCCCCCCCCCCCCCCC(C)C. The van der Waals surface area contributed by atoms with Crippen LogP contribution in [-0.4, -0.2) is 96.7 Å².